The zero-order valence-corrected chi connectivity index (χ0v) is 17.1. The van der Waals surface area contributed by atoms with E-state index in [1.165, 1.54) is 32.4 Å². The van der Waals surface area contributed by atoms with Crippen LogP contribution in [0.15, 0.2) is 48.5 Å². The summed E-state index contributed by atoms with van der Waals surface area (Å²) in [5, 5.41) is 4.67. The summed E-state index contributed by atoms with van der Waals surface area (Å²) in [6.07, 6.45) is 0. The number of hydrogen-bond donors (Lipinski definition) is 2. The SMILES string of the molecule is COC(=O)c1ccc(C(=O)OC)c(NC(=O)C[NH2+][C@H](c2ccccc2)C(C)C)c1. The Bertz CT molecular complexity index is 865. The number of methoxy groups -OCH3 is 2. The Balaban J connectivity index is 2.16. The maximum atomic E-state index is 12.6. The maximum Gasteiger partial charge on any atom is 0.339 e. The van der Waals surface area contributed by atoms with Gasteiger partial charge in [0.15, 0.2) is 6.54 Å². The van der Waals surface area contributed by atoms with Crippen molar-refractivity contribution in [1.29, 1.82) is 0 Å². The fourth-order valence-electron chi connectivity index (χ4n) is 3.08. The van der Waals surface area contributed by atoms with Gasteiger partial charge in [-0.25, -0.2) is 9.59 Å². The lowest BCUT2D eigenvalue weighted by Gasteiger charge is -2.19. The molecule has 0 aliphatic rings. The van der Waals surface area contributed by atoms with E-state index in [0.717, 1.165) is 5.56 Å². The van der Waals surface area contributed by atoms with Gasteiger partial charge in [-0.05, 0) is 18.2 Å². The molecule has 2 rings (SSSR count). The van der Waals surface area contributed by atoms with Gasteiger partial charge >= 0.3 is 11.9 Å². The molecule has 3 N–H and O–H groups in total. The van der Waals surface area contributed by atoms with Crippen LogP contribution in [0.25, 0.3) is 0 Å². The van der Waals surface area contributed by atoms with Crippen LogP contribution in [0.2, 0.25) is 0 Å². The Labute approximate surface area is 170 Å². The number of anilines is 1. The number of nitrogens with two attached hydrogens (primary N) is 1. The molecule has 0 saturated heterocycles. The minimum Gasteiger partial charge on any atom is -0.465 e. The van der Waals surface area contributed by atoms with Gasteiger partial charge in [-0.15, -0.1) is 0 Å². The number of ether oxygens (including phenoxy) is 2. The molecular weight excluding hydrogens is 372 g/mol. The maximum absolute atomic E-state index is 12.6. The number of carbonyl (C=O) groups excluding carboxylic acids is 3. The third-order valence-electron chi connectivity index (χ3n) is 4.58. The van der Waals surface area contributed by atoms with Crippen molar-refractivity contribution < 1.29 is 29.2 Å². The number of amides is 1. The minimum atomic E-state index is -0.606. The zero-order valence-electron chi connectivity index (χ0n) is 17.1. The van der Waals surface area contributed by atoms with Gasteiger partial charge in [0.05, 0.1) is 31.0 Å². The highest BCUT2D eigenvalue weighted by atomic mass is 16.5. The highest BCUT2D eigenvalue weighted by molar-refractivity contribution is 6.03. The van der Waals surface area contributed by atoms with E-state index in [1.807, 2.05) is 35.6 Å². The summed E-state index contributed by atoms with van der Waals surface area (Å²) in [7, 11) is 2.52. The number of nitrogens with one attached hydrogen (secondary N) is 1. The Morgan fingerprint density at radius 3 is 2.21 bits per heavy atom. The lowest BCUT2D eigenvalue weighted by molar-refractivity contribution is -0.692. The Morgan fingerprint density at radius 2 is 1.62 bits per heavy atom. The van der Waals surface area contributed by atoms with Gasteiger partial charge in [0, 0.05) is 11.5 Å². The standard InChI is InChI=1S/C22H26N2O5/c1-14(2)20(15-8-6-5-7-9-15)23-13-19(25)24-18-12-16(21(26)28-3)10-11-17(18)22(27)29-4/h5-12,14,20,23H,13H2,1-4H3,(H,24,25)/p+1/t20-/m0/s1. The second-order valence-corrected chi connectivity index (χ2v) is 6.91. The third-order valence-corrected chi connectivity index (χ3v) is 4.58. The van der Waals surface area contributed by atoms with Gasteiger partial charge in [-0.3, -0.25) is 4.79 Å². The summed E-state index contributed by atoms with van der Waals surface area (Å²) >= 11 is 0. The van der Waals surface area contributed by atoms with Crippen LogP contribution in [-0.2, 0) is 14.3 Å². The molecule has 0 heterocycles. The number of hydrogen-bond acceptors (Lipinski definition) is 5. The van der Waals surface area contributed by atoms with Crippen LogP contribution in [0.1, 0.15) is 46.2 Å². The van der Waals surface area contributed by atoms with Crippen molar-refractivity contribution in [2.75, 3.05) is 26.1 Å². The average molecular weight is 399 g/mol. The summed E-state index contributed by atoms with van der Waals surface area (Å²) in [4.78, 5) is 36.4. The molecule has 0 aromatic heterocycles. The van der Waals surface area contributed by atoms with Crippen LogP contribution < -0.4 is 10.6 Å². The predicted molar refractivity (Wildman–Crippen MR) is 109 cm³/mol. The molecule has 1 atom stereocenters. The molecule has 0 aliphatic carbocycles. The van der Waals surface area contributed by atoms with E-state index in [9.17, 15) is 14.4 Å². The lowest BCUT2D eigenvalue weighted by Crippen LogP contribution is -2.88. The lowest BCUT2D eigenvalue weighted by atomic mass is 9.96. The molecule has 0 radical (unpaired) electrons. The van der Waals surface area contributed by atoms with E-state index in [2.05, 4.69) is 19.2 Å². The Morgan fingerprint density at radius 1 is 0.966 bits per heavy atom. The van der Waals surface area contributed by atoms with Crippen molar-refractivity contribution in [2.45, 2.75) is 19.9 Å². The van der Waals surface area contributed by atoms with Gasteiger partial charge < -0.3 is 20.1 Å². The molecule has 2 aromatic rings. The van der Waals surface area contributed by atoms with Crippen LogP contribution >= 0.6 is 0 Å². The molecule has 29 heavy (non-hydrogen) atoms. The molecule has 7 nitrogen and oxygen atoms in total. The van der Waals surface area contributed by atoms with Crippen LogP contribution in [0, 0.1) is 5.92 Å². The van der Waals surface area contributed by atoms with Crippen molar-refractivity contribution in [3.63, 3.8) is 0 Å². The molecule has 7 heteroatoms. The molecule has 1 amide bonds. The first-order chi connectivity index (χ1) is 13.9. The quantitative estimate of drug-likeness (QED) is 0.663. The number of esters is 2. The Hall–Kier alpha value is -3.19. The van der Waals surface area contributed by atoms with Gasteiger partial charge in [0.2, 0.25) is 0 Å². The summed E-state index contributed by atoms with van der Waals surface area (Å²) in [6, 6.07) is 14.4. The van der Waals surface area contributed by atoms with Gasteiger partial charge in [0.25, 0.3) is 5.91 Å². The van der Waals surface area contributed by atoms with Crippen molar-refractivity contribution in [2.24, 2.45) is 5.92 Å². The van der Waals surface area contributed by atoms with Crippen molar-refractivity contribution >= 4 is 23.5 Å². The molecule has 0 spiro atoms. The van der Waals surface area contributed by atoms with Crippen LogP contribution in [0.3, 0.4) is 0 Å². The number of quaternary nitrogens is 1. The fraction of sp³-hybridized carbons (Fsp3) is 0.318. The van der Waals surface area contributed by atoms with Gasteiger partial charge in [0.1, 0.15) is 6.04 Å². The second-order valence-electron chi connectivity index (χ2n) is 6.91. The van der Waals surface area contributed by atoms with E-state index < -0.39 is 11.9 Å². The first kappa shape index (κ1) is 22.1. The highest BCUT2D eigenvalue weighted by Gasteiger charge is 2.22. The van der Waals surface area contributed by atoms with E-state index in [0.29, 0.717) is 5.92 Å². The minimum absolute atomic E-state index is 0.114. The van der Waals surface area contributed by atoms with E-state index >= 15 is 0 Å². The van der Waals surface area contributed by atoms with Crippen molar-refractivity contribution in [3.8, 4) is 0 Å². The van der Waals surface area contributed by atoms with Crippen LogP contribution in [0.5, 0.6) is 0 Å². The number of benzene rings is 2. The van der Waals surface area contributed by atoms with Crippen molar-refractivity contribution in [3.05, 3.63) is 65.2 Å². The smallest absolute Gasteiger partial charge is 0.339 e. The molecule has 0 aliphatic heterocycles. The van der Waals surface area contributed by atoms with Crippen molar-refractivity contribution in [1.82, 2.24) is 0 Å². The summed E-state index contributed by atoms with van der Waals surface area (Å²) in [5.74, 6) is -1.14. The summed E-state index contributed by atoms with van der Waals surface area (Å²) in [5.41, 5.74) is 1.73. The zero-order chi connectivity index (χ0) is 21.4. The summed E-state index contributed by atoms with van der Waals surface area (Å²) < 4.78 is 9.46. The van der Waals surface area contributed by atoms with Gasteiger partial charge in [-0.1, -0.05) is 44.2 Å². The van der Waals surface area contributed by atoms with E-state index in [4.69, 9.17) is 9.47 Å². The number of rotatable bonds is 8. The molecular formula is C22H27N2O5+. The molecule has 154 valence electrons. The second kappa shape index (κ2) is 10.4. The van der Waals surface area contributed by atoms with Crippen LogP contribution in [-0.4, -0.2) is 38.6 Å². The van der Waals surface area contributed by atoms with E-state index in [-0.39, 0.29) is 35.3 Å². The summed E-state index contributed by atoms with van der Waals surface area (Å²) in [6.45, 7) is 4.35. The first-order valence-corrected chi connectivity index (χ1v) is 9.36. The average Bonchev–Trinajstić information content (AvgIpc) is 2.73. The molecule has 0 unspecified atom stereocenters. The molecule has 0 fully saturated rings. The molecule has 2 aromatic carbocycles. The first-order valence-electron chi connectivity index (χ1n) is 9.36. The fourth-order valence-corrected chi connectivity index (χ4v) is 3.08. The van der Waals surface area contributed by atoms with Crippen LogP contribution in [0.4, 0.5) is 5.69 Å². The monoisotopic (exact) mass is 399 g/mol. The number of carbonyl (C=O) groups is 3. The molecule has 0 bridgehead atoms. The third kappa shape index (κ3) is 5.89. The normalized spacial score (nSPS) is 11.6. The topological polar surface area (TPSA) is 98.3 Å². The predicted octanol–water partition coefficient (Wildman–Crippen LogP) is 2.16. The molecule has 0 saturated carbocycles. The largest absolute Gasteiger partial charge is 0.465 e. The van der Waals surface area contributed by atoms with Gasteiger partial charge in [-0.2, -0.15) is 0 Å². The highest BCUT2D eigenvalue weighted by Crippen LogP contribution is 2.20. The Kier molecular flexibility index (Phi) is 7.91. The van der Waals surface area contributed by atoms with E-state index in [1.54, 1.807) is 0 Å².